The largest absolute Gasteiger partial charge is 0.378 e. The van der Waals surface area contributed by atoms with Crippen LogP contribution in [0.1, 0.15) is 45.6 Å². The van der Waals surface area contributed by atoms with Crippen molar-refractivity contribution in [2.45, 2.75) is 51.5 Å². The molecule has 0 amide bonds. The molecule has 21 heavy (non-hydrogen) atoms. The topological polar surface area (TPSA) is 37.4 Å². The van der Waals surface area contributed by atoms with E-state index in [1.165, 1.54) is 24.8 Å². The lowest BCUT2D eigenvalue weighted by atomic mass is 9.87. The third kappa shape index (κ3) is 3.49. The van der Waals surface area contributed by atoms with Gasteiger partial charge < -0.3 is 15.0 Å². The average molecular weight is 289 g/mol. The van der Waals surface area contributed by atoms with Gasteiger partial charge in [-0.2, -0.15) is 0 Å². The van der Waals surface area contributed by atoms with Crippen LogP contribution in [0.3, 0.4) is 0 Å². The smallest absolute Gasteiger partial charge is 0.131 e. The molecule has 0 aromatic carbocycles. The maximum absolute atomic E-state index is 5.45. The second-order valence-corrected chi connectivity index (χ2v) is 7.22. The molecule has 1 aliphatic heterocycles. The van der Waals surface area contributed by atoms with Gasteiger partial charge in [0.2, 0.25) is 0 Å². The lowest BCUT2D eigenvalue weighted by molar-refractivity contribution is 0.122. The zero-order chi connectivity index (χ0) is 14.9. The first-order valence-corrected chi connectivity index (χ1v) is 8.14. The average Bonchev–Trinajstić information content (AvgIpc) is 2.43. The molecule has 4 heteroatoms. The Balaban J connectivity index is 1.87. The van der Waals surface area contributed by atoms with Gasteiger partial charge >= 0.3 is 0 Å². The summed E-state index contributed by atoms with van der Waals surface area (Å²) in [7, 11) is 0. The van der Waals surface area contributed by atoms with E-state index in [0.717, 1.165) is 37.9 Å². The molecular weight excluding hydrogens is 262 g/mol. The van der Waals surface area contributed by atoms with Crippen LogP contribution in [0.15, 0.2) is 12.1 Å². The molecule has 2 aliphatic rings. The van der Waals surface area contributed by atoms with Crippen LogP contribution >= 0.6 is 0 Å². The van der Waals surface area contributed by atoms with E-state index in [1.54, 1.807) is 0 Å². The van der Waals surface area contributed by atoms with Gasteiger partial charge in [0, 0.05) is 19.1 Å². The van der Waals surface area contributed by atoms with Crippen molar-refractivity contribution in [2.24, 2.45) is 0 Å². The van der Waals surface area contributed by atoms with E-state index in [9.17, 15) is 0 Å². The summed E-state index contributed by atoms with van der Waals surface area (Å²) < 4.78 is 5.45. The summed E-state index contributed by atoms with van der Waals surface area (Å²) in [5.41, 5.74) is 1.49. The molecule has 4 nitrogen and oxygen atoms in total. The molecule has 0 bridgehead atoms. The highest BCUT2D eigenvalue weighted by Gasteiger charge is 2.22. The standard InChI is InChI=1S/C17H27N3O/c1-17(2,3)13-11-15(18-14-5-4-6-14)19-16(12-13)20-7-9-21-10-8-20/h11-12,14H,4-10H2,1-3H3,(H,18,19). The van der Waals surface area contributed by atoms with Gasteiger partial charge in [-0.1, -0.05) is 20.8 Å². The molecule has 3 rings (SSSR count). The number of hydrogen-bond donors (Lipinski definition) is 1. The van der Waals surface area contributed by atoms with Crippen LogP contribution in [0.4, 0.5) is 11.6 Å². The lowest BCUT2D eigenvalue weighted by Crippen LogP contribution is -2.37. The molecular formula is C17H27N3O. The van der Waals surface area contributed by atoms with E-state index < -0.39 is 0 Å². The Bertz CT molecular complexity index is 485. The Kier molecular flexibility index (Phi) is 4.07. The monoisotopic (exact) mass is 289 g/mol. The number of aromatic nitrogens is 1. The van der Waals surface area contributed by atoms with E-state index in [-0.39, 0.29) is 5.41 Å². The summed E-state index contributed by atoms with van der Waals surface area (Å²) in [5, 5.41) is 3.60. The van der Waals surface area contributed by atoms with Gasteiger partial charge in [-0.3, -0.25) is 0 Å². The Morgan fingerprint density at radius 3 is 2.48 bits per heavy atom. The second-order valence-electron chi connectivity index (χ2n) is 7.22. The molecule has 0 atom stereocenters. The lowest BCUT2D eigenvalue weighted by Gasteiger charge is -2.32. The van der Waals surface area contributed by atoms with Crippen molar-refractivity contribution in [1.29, 1.82) is 0 Å². The first-order chi connectivity index (χ1) is 10.0. The van der Waals surface area contributed by atoms with Crippen LogP contribution in [-0.4, -0.2) is 37.3 Å². The van der Waals surface area contributed by atoms with E-state index >= 15 is 0 Å². The minimum Gasteiger partial charge on any atom is -0.378 e. The van der Waals surface area contributed by atoms with Gasteiger partial charge in [0.05, 0.1) is 13.2 Å². The molecule has 1 saturated heterocycles. The molecule has 2 fully saturated rings. The Hall–Kier alpha value is -1.29. The summed E-state index contributed by atoms with van der Waals surface area (Å²) in [5.74, 6) is 2.13. The van der Waals surface area contributed by atoms with Crippen molar-refractivity contribution in [3.8, 4) is 0 Å². The van der Waals surface area contributed by atoms with Crippen LogP contribution in [0, 0.1) is 0 Å². The maximum atomic E-state index is 5.45. The number of ether oxygens (including phenoxy) is 1. The molecule has 1 saturated carbocycles. The van der Waals surface area contributed by atoms with Crippen LogP contribution < -0.4 is 10.2 Å². The predicted octanol–water partition coefficient (Wildman–Crippen LogP) is 3.18. The quantitative estimate of drug-likeness (QED) is 0.927. The summed E-state index contributed by atoms with van der Waals surface area (Å²) in [6.45, 7) is 10.3. The fourth-order valence-corrected chi connectivity index (χ4v) is 2.74. The van der Waals surface area contributed by atoms with Crippen molar-refractivity contribution < 1.29 is 4.74 Å². The Morgan fingerprint density at radius 1 is 1.19 bits per heavy atom. The highest BCUT2D eigenvalue weighted by molar-refractivity contribution is 5.53. The van der Waals surface area contributed by atoms with Gasteiger partial charge in [-0.05, 0) is 42.4 Å². The highest BCUT2D eigenvalue weighted by Crippen LogP contribution is 2.30. The molecule has 116 valence electrons. The third-order valence-corrected chi connectivity index (χ3v) is 4.47. The Morgan fingerprint density at radius 2 is 1.90 bits per heavy atom. The fraction of sp³-hybridized carbons (Fsp3) is 0.706. The first-order valence-electron chi connectivity index (χ1n) is 8.14. The van der Waals surface area contributed by atoms with E-state index in [0.29, 0.717) is 6.04 Å². The number of nitrogens with zero attached hydrogens (tertiary/aromatic N) is 2. The van der Waals surface area contributed by atoms with Crippen LogP contribution in [0.2, 0.25) is 0 Å². The van der Waals surface area contributed by atoms with Gasteiger partial charge in [0.25, 0.3) is 0 Å². The molecule has 0 unspecified atom stereocenters. The van der Waals surface area contributed by atoms with E-state index in [4.69, 9.17) is 9.72 Å². The number of anilines is 2. The van der Waals surface area contributed by atoms with Crippen molar-refractivity contribution in [2.75, 3.05) is 36.5 Å². The maximum Gasteiger partial charge on any atom is 0.131 e. The molecule has 1 N–H and O–H groups in total. The van der Waals surface area contributed by atoms with Gasteiger partial charge in [0.1, 0.15) is 11.6 Å². The molecule has 0 spiro atoms. The number of morpholine rings is 1. The van der Waals surface area contributed by atoms with Crippen LogP contribution in [-0.2, 0) is 10.2 Å². The number of hydrogen-bond acceptors (Lipinski definition) is 4. The van der Waals surface area contributed by atoms with Crippen LogP contribution in [0.5, 0.6) is 0 Å². The van der Waals surface area contributed by atoms with E-state index in [2.05, 4.69) is 43.1 Å². The summed E-state index contributed by atoms with van der Waals surface area (Å²) in [6.07, 6.45) is 3.88. The zero-order valence-electron chi connectivity index (χ0n) is 13.5. The number of nitrogens with one attached hydrogen (secondary N) is 1. The predicted molar refractivity (Wildman–Crippen MR) is 87.2 cm³/mol. The first kappa shape index (κ1) is 14.6. The minimum absolute atomic E-state index is 0.139. The number of rotatable bonds is 3. The van der Waals surface area contributed by atoms with Gasteiger partial charge in [-0.25, -0.2) is 4.98 Å². The molecule has 2 heterocycles. The number of pyridine rings is 1. The fourth-order valence-electron chi connectivity index (χ4n) is 2.74. The molecule has 1 aliphatic carbocycles. The van der Waals surface area contributed by atoms with Crippen molar-refractivity contribution in [3.05, 3.63) is 17.7 Å². The molecule has 1 aromatic heterocycles. The SMILES string of the molecule is CC(C)(C)c1cc(NC2CCC2)nc(N2CCOCC2)c1. The minimum atomic E-state index is 0.139. The van der Waals surface area contributed by atoms with Crippen molar-refractivity contribution in [1.82, 2.24) is 4.98 Å². The van der Waals surface area contributed by atoms with Crippen molar-refractivity contribution in [3.63, 3.8) is 0 Å². The van der Waals surface area contributed by atoms with E-state index in [1.807, 2.05) is 0 Å². The summed E-state index contributed by atoms with van der Waals surface area (Å²) >= 11 is 0. The molecule has 1 aromatic rings. The third-order valence-electron chi connectivity index (χ3n) is 4.47. The zero-order valence-corrected chi connectivity index (χ0v) is 13.5. The van der Waals surface area contributed by atoms with Crippen molar-refractivity contribution >= 4 is 11.6 Å². The van der Waals surface area contributed by atoms with Gasteiger partial charge in [0.15, 0.2) is 0 Å². The molecule has 0 radical (unpaired) electrons. The second kappa shape index (κ2) is 5.84. The Labute approximate surface area is 127 Å². The van der Waals surface area contributed by atoms with Crippen LogP contribution in [0.25, 0.3) is 0 Å². The normalized spacial score (nSPS) is 20.2. The van der Waals surface area contributed by atoms with Gasteiger partial charge in [-0.15, -0.1) is 0 Å². The summed E-state index contributed by atoms with van der Waals surface area (Å²) in [6, 6.07) is 5.09. The summed E-state index contributed by atoms with van der Waals surface area (Å²) in [4.78, 5) is 7.19. The highest BCUT2D eigenvalue weighted by atomic mass is 16.5.